The van der Waals surface area contributed by atoms with Crippen molar-refractivity contribution < 1.29 is 4.74 Å². The second kappa shape index (κ2) is 9.34. The summed E-state index contributed by atoms with van der Waals surface area (Å²) in [5, 5.41) is 0. The molecular weight excluding hydrogens is 340 g/mol. The molecule has 1 nitrogen and oxygen atoms in total. The maximum atomic E-state index is 5.80. The van der Waals surface area contributed by atoms with E-state index < -0.39 is 0 Å². The smallest absolute Gasteiger partial charge is 0.0566 e. The summed E-state index contributed by atoms with van der Waals surface area (Å²) in [7, 11) is 0. The summed E-state index contributed by atoms with van der Waals surface area (Å²) in [5.74, 6) is 0.575. The van der Waals surface area contributed by atoms with E-state index >= 15 is 0 Å². The standard InChI is InChI=1S/C27H26O/c1-4-10-22(11-5-1)20-25-18-19-28-21-26(25)16-17-27(23-12-6-2-7-13-23)24-14-8-3-9-15-24/h1-17,20,26-27H,18-19,21H2/b17-16+,25-20+. The van der Waals surface area contributed by atoms with Crippen LogP contribution in [0.15, 0.2) is 109 Å². The predicted octanol–water partition coefficient (Wildman–Crippen LogP) is 6.49. The van der Waals surface area contributed by atoms with E-state index in [2.05, 4.69) is 109 Å². The van der Waals surface area contributed by atoms with Crippen LogP contribution in [0, 0.1) is 5.92 Å². The Morgan fingerprint density at radius 1 is 0.750 bits per heavy atom. The third-order valence-corrected chi connectivity index (χ3v) is 5.31. The highest BCUT2D eigenvalue weighted by molar-refractivity contribution is 5.54. The van der Waals surface area contributed by atoms with Gasteiger partial charge in [-0.15, -0.1) is 0 Å². The fraction of sp³-hybridized carbons (Fsp3) is 0.185. The van der Waals surface area contributed by atoms with Crippen LogP contribution < -0.4 is 0 Å². The largest absolute Gasteiger partial charge is 0.380 e. The molecule has 0 radical (unpaired) electrons. The van der Waals surface area contributed by atoms with Crippen LogP contribution in [0.3, 0.4) is 0 Å². The van der Waals surface area contributed by atoms with Gasteiger partial charge in [0.1, 0.15) is 0 Å². The Hall–Kier alpha value is -2.90. The maximum Gasteiger partial charge on any atom is 0.0566 e. The van der Waals surface area contributed by atoms with Crippen molar-refractivity contribution in [2.24, 2.45) is 5.92 Å². The number of benzene rings is 3. The van der Waals surface area contributed by atoms with Gasteiger partial charge >= 0.3 is 0 Å². The first-order valence-corrected chi connectivity index (χ1v) is 10.0. The Morgan fingerprint density at radius 3 is 1.93 bits per heavy atom. The minimum absolute atomic E-state index is 0.252. The molecule has 28 heavy (non-hydrogen) atoms. The van der Waals surface area contributed by atoms with Crippen molar-refractivity contribution in [3.05, 3.63) is 125 Å². The summed E-state index contributed by atoms with van der Waals surface area (Å²) in [6, 6.07) is 32.0. The SMILES string of the molecule is C(=C\C(c1ccccc1)c1ccccc1)/C1COCC/C1=C\c1ccccc1. The topological polar surface area (TPSA) is 9.23 Å². The number of allylic oxidation sites excluding steroid dienone is 1. The lowest BCUT2D eigenvalue weighted by Gasteiger charge is -2.24. The van der Waals surface area contributed by atoms with Crippen molar-refractivity contribution >= 4 is 6.08 Å². The van der Waals surface area contributed by atoms with Crippen molar-refractivity contribution in [3.63, 3.8) is 0 Å². The molecule has 1 saturated heterocycles. The summed E-state index contributed by atoms with van der Waals surface area (Å²) < 4.78 is 5.80. The lowest BCUT2D eigenvalue weighted by molar-refractivity contribution is 0.0984. The molecule has 0 saturated carbocycles. The summed E-state index contributed by atoms with van der Waals surface area (Å²) in [6.45, 7) is 1.56. The summed E-state index contributed by atoms with van der Waals surface area (Å²) in [6.07, 6.45) is 8.02. The molecule has 3 aromatic carbocycles. The minimum Gasteiger partial charge on any atom is -0.380 e. The zero-order chi connectivity index (χ0) is 19.0. The summed E-state index contributed by atoms with van der Waals surface area (Å²) in [5.41, 5.74) is 5.35. The van der Waals surface area contributed by atoms with Gasteiger partial charge in [0.25, 0.3) is 0 Å². The van der Waals surface area contributed by atoms with Gasteiger partial charge in [-0.25, -0.2) is 0 Å². The number of rotatable bonds is 5. The molecule has 0 bridgehead atoms. The van der Waals surface area contributed by atoms with Crippen LogP contribution in [0.1, 0.15) is 29.0 Å². The molecule has 1 heteroatoms. The third kappa shape index (κ3) is 4.68. The molecule has 1 fully saturated rings. The normalized spacial score (nSPS) is 18.8. The first-order valence-electron chi connectivity index (χ1n) is 10.0. The second-order valence-electron chi connectivity index (χ2n) is 7.25. The van der Waals surface area contributed by atoms with Crippen molar-refractivity contribution in [1.29, 1.82) is 0 Å². The van der Waals surface area contributed by atoms with E-state index in [4.69, 9.17) is 4.74 Å². The van der Waals surface area contributed by atoms with Gasteiger partial charge in [0, 0.05) is 11.8 Å². The lowest BCUT2D eigenvalue weighted by Crippen LogP contribution is -2.18. The Balaban J connectivity index is 1.62. The summed E-state index contributed by atoms with van der Waals surface area (Å²) >= 11 is 0. The highest BCUT2D eigenvalue weighted by atomic mass is 16.5. The van der Waals surface area contributed by atoms with Crippen LogP contribution in [0.5, 0.6) is 0 Å². The average Bonchev–Trinajstić information content (AvgIpc) is 2.77. The number of hydrogen-bond acceptors (Lipinski definition) is 1. The van der Waals surface area contributed by atoms with Gasteiger partial charge < -0.3 is 4.74 Å². The Labute approximate surface area is 168 Å². The quantitative estimate of drug-likeness (QED) is 0.469. The van der Waals surface area contributed by atoms with Crippen molar-refractivity contribution in [1.82, 2.24) is 0 Å². The molecule has 0 amide bonds. The van der Waals surface area contributed by atoms with E-state index in [9.17, 15) is 0 Å². The van der Waals surface area contributed by atoms with E-state index in [1.165, 1.54) is 22.3 Å². The third-order valence-electron chi connectivity index (χ3n) is 5.31. The van der Waals surface area contributed by atoms with E-state index in [1.807, 2.05) is 0 Å². The van der Waals surface area contributed by atoms with Gasteiger partial charge in [-0.1, -0.05) is 115 Å². The van der Waals surface area contributed by atoms with Crippen LogP contribution in [0.2, 0.25) is 0 Å². The molecule has 0 N–H and O–H groups in total. The molecule has 1 heterocycles. The lowest BCUT2D eigenvalue weighted by atomic mass is 9.87. The fourth-order valence-electron chi connectivity index (χ4n) is 3.80. The second-order valence-corrected chi connectivity index (χ2v) is 7.25. The highest BCUT2D eigenvalue weighted by Crippen LogP contribution is 2.30. The first kappa shape index (κ1) is 18.5. The van der Waals surface area contributed by atoms with Crippen LogP contribution >= 0.6 is 0 Å². The molecule has 1 unspecified atom stereocenters. The molecule has 1 aliphatic heterocycles. The Morgan fingerprint density at radius 2 is 1.32 bits per heavy atom. The molecule has 3 aromatic rings. The van der Waals surface area contributed by atoms with Crippen molar-refractivity contribution in [2.45, 2.75) is 12.3 Å². The van der Waals surface area contributed by atoms with Gasteiger partial charge in [0.05, 0.1) is 13.2 Å². The van der Waals surface area contributed by atoms with Gasteiger partial charge in [0.15, 0.2) is 0 Å². The van der Waals surface area contributed by atoms with Crippen LogP contribution in [0.25, 0.3) is 6.08 Å². The van der Waals surface area contributed by atoms with E-state index in [0.29, 0.717) is 5.92 Å². The number of hydrogen-bond donors (Lipinski definition) is 0. The zero-order valence-corrected chi connectivity index (χ0v) is 16.1. The van der Waals surface area contributed by atoms with E-state index in [1.54, 1.807) is 0 Å². The van der Waals surface area contributed by atoms with Gasteiger partial charge in [-0.2, -0.15) is 0 Å². The van der Waals surface area contributed by atoms with E-state index in [-0.39, 0.29) is 5.92 Å². The van der Waals surface area contributed by atoms with Crippen LogP contribution in [0.4, 0.5) is 0 Å². The monoisotopic (exact) mass is 366 g/mol. The maximum absolute atomic E-state index is 5.80. The molecule has 0 aliphatic carbocycles. The molecule has 140 valence electrons. The first-order chi connectivity index (χ1) is 13.9. The molecule has 1 aliphatic rings. The Kier molecular flexibility index (Phi) is 6.16. The number of ether oxygens (including phenoxy) is 1. The van der Waals surface area contributed by atoms with E-state index in [0.717, 1.165) is 19.6 Å². The van der Waals surface area contributed by atoms with Crippen LogP contribution in [-0.4, -0.2) is 13.2 Å². The summed E-state index contributed by atoms with van der Waals surface area (Å²) in [4.78, 5) is 0. The zero-order valence-electron chi connectivity index (χ0n) is 16.1. The van der Waals surface area contributed by atoms with Crippen molar-refractivity contribution in [3.8, 4) is 0 Å². The average molecular weight is 367 g/mol. The van der Waals surface area contributed by atoms with Crippen molar-refractivity contribution in [2.75, 3.05) is 13.2 Å². The predicted molar refractivity (Wildman–Crippen MR) is 117 cm³/mol. The van der Waals surface area contributed by atoms with Gasteiger partial charge in [-0.3, -0.25) is 0 Å². The molecular formula is C27H26O. The Bertz CT molecular complexity index is 871. The van der Waals surface area contributed by atoms with Gasteiger partial charge in [0.2, 0.25) is 0 Å². The molecule has 1 atom stereocenters. The fourth-order valence-corrected chi connectivity index (χ4v) is 3.80. The molecule has 0 aromatic heterocycles. The van der Waals surface area contributed by atoms with Gasteiger partial charge in [-0.05, 0) is 23.1 Å². The minimum atomic E-state index is 0.252. The highest BCUT2D eigenvalue weighted by Gasteiger charge is 2.18. The van der Waals surface area contributed by atoms with Crippen LogP contribution in [-0.2, 0) is 4.74 Å². The molecule has 0 spiro atoms. The molecule has 4 rings (SSSR count).